The molecule has 1 aliphatic rings. The third-order valence-electron chi connectivity index (χ3n) is 6.15. The number of aliphatic hydroxyl groups excluding tert-OH is 1. The molecule has 0 spiro atoms. The molecule has 1 aromatic carbocycles. The Hall–Kier alpha value is -3.54. The number of benzene rings is 1. The van der Waals surface area contributed by atoms with Crippen molar-refractivity contribution in [3.05, 3.63) is 74.4 Å². The van der Waals surface area contributed by atoms with Crippen LogP contribution in [0.15, 0.2) is 62.1 Å². The zero-order valence-electron chi connectivity index (χ0n) is 20.4. The standard InChI is InChI=1S/C28H32O6/c1-16(2)7-6-8-18(5)10-12-28(11-9-17(3)4)25-23(15-21(31)27(28)33)34-22-14-19(29)13-20(30)24(22)26(25)32/h7,9-10,13-15,29-31H,6,8,11-12H2,1-5H3/b18-10-. The van der Waals surface area contributed by atoms with Crippen LogP contribution in [0.5, 0.6) is 11.5 Å². The summed E-state index contributed by atoms with van der Waals surface area (Å²) in [5.74, 6) is -1.69. The summed E-state index contributed by atoms with van der Waals surface area (Å²) in [5, 5.41) is 30.7. The number of aromatic hydroxyl groups is 2. The number of rotatable bonds is 7. The van der Waals surface area contributed by atoms with E-state index in [2.05, 4.69) is 6.08 Å². The molecule has 0 aliphatic heterocycles. The lowest BCUT2D eigenvalue weighted by atomic mass is 9.67. The Labute approximate surface area is 199 Å². The molecule has 0 amide bonds. The molecular weight excluding hydrogens is 432 g/mol. The molecule has 2 aromatic rings. The Morgan fingerprint density at radius 2 is 1.59 bits per heavy atom. The number of carbonyl (C=O) groups excluding carboxylic acids is 1. The third kappa shape index (κ3) is 4.86. The lowest BCUT2D eigenvalue weighted by Gasteiger charge is -2.34. The molecule has 180 valence electrons. The van der Waals surface area contributed by atoms with Gasteiger partial charge < -0.3 is 19.7 Å². The van der Waals surface area contributed by atoms with Gasteiger partial charge in [0.15, 0.2) is 5.76 Å². The summed E-state index contributed by atoms with van der Waals surface area (Å²) in [4.78, 5) is 27.2. The molecule has 1 atom stereocenters. The van der Waals surface area contributed by atoms with Crippen molar-refractivity contribution >= 4 is 22.8 Å². The summed E-state index contributed by atoms with van der Waals surface area (Å²) in [6.45, 7) is 9.86. The highest BCUT2D eigenvalue weighted by molar-refractivity contribution is 6.08. The molecule has 6 heteroatoms. The average molecular weight is 465 g/mol. The summed E-state index contributed by atoms with van der Waals surface area (Å²) in [7, 11) is 0. The summed E-state index contributed by atoms with van der Waals surface area (Å²) >= 11 is 0. The van der Waals surface area contributed by atoms with Gasteiger partial charge in [0.25, 0.3) is 0 Å². The monoisotopic (exact) mass is 464 g/mol. The molecule has 3 rings (SSSR count). The van der Waals surface area contributed by atoms with E-state index in [0.29, 0.717) is 0 Å². The lowest BCUT2D eigenvalue weighted by Crippen LogP contribution is -2.43. The Kier molecular flexibility index (Phi) is 7.20. The second-order valence-electron chi connectivity index (χ2n) is 9.51. The van der Waals surface area contributed by atoms with Crippen LogP contribution in [0, 0.1) is 0 Å². The zero-order valence-corrected chi connectivity index (χ0v) is 20.4. The van der Waals surface area contributed by atoms with Crippen molar-refractivity contribution in [3.8, 4) is 11.5 Å². The van der Waals surface area contributed by atoms with Crippen LogP contribution in [0.4, 0.5) is 0 Å². The van der Waals surface area contributed by atoms with E-state index in [1.54, 1.807) is 0 Å². The van der Waals surface area contributed by atoms with Gasteiger partial charge in [-0.05, 0) is 60.3 Å². The normalized spacial score (nSPS) is 17.9. The predicted molar refractivity (Wildman–Crippen MR) is 134 cm³/mol. The SMILES string of the molecule is CC(C)=CCC/C(C)=C\CC1(CC=C(C)C)C(=O)C(O)=Cc2oc3cc(O)cc(O)c3c(=O)c21. The third-order valence-corrected chi connectivity index (χ3v) is 6.15. The van der Waals surface area contributed by atoms with Gasteiger partial charge in [-0.1, -0.05) is 34.9 Å². The first-order chi connectivity index (χ1) is 16.0. The topological polar surface area (TPSA) is 108 Å². The molecule has 0 bridgehead atoms. The molecule has 1 unspecified atom stereocenters. The lowest BCUT2D eigenvalue weighted by molar-refractivity contribution is -0.123. The van der Waals surface area contributed by atoms with E-state index in [-0.39, 0.29) is 40.9 Å². The molecule has 0 radical (unpaired) electrons. The van der Waals surface area contributed by atoms with Crippen LogP contribution in [0.2, 0.25) is 0 Å². The zero-order chi connectivity index (χ0) is 25.2. The van der Waals surface area contributed by atoms with Gasteiger partial charge in [0.05, 0.1) is 11.0 Å². The number of allylic oxidation sites excluding steroid dienone is 7. The van der Waals surface area contributed by atoms with Crippen LogP contribution in [-0.4, -0.2) is 21.1 Å². The fraction of sp³-hybridized carbons (Fsp3) is 0.357. The van der Waals surface area contributed by atoms with Crippen LogP contribution in [0.1, 0.15) is 71.6 Å². The van der Waals surface area contributed by atoms with Crippen molar-refractivity contribution in [3.63, 3.8) is 0 Å². The predicted octanol–water partition coefficient (Wildman–Crippen LogP) is 6.36. The Morgan fingerprint density at radius 1 is 0.941 bits per heavy atom. The number of hydrogen-bond acceptors (Lipinski definition) is 6. The number of ketones is 1. The van der Waals surface area contributed by atoms with E-state index in [1.807, 2.05) is 46.8 Å². The van der Waals surface area contributed by atoms with Crippen LogP contribution in [-0.2, 0) is 10.2 Å². The first kappa shape index (κ1) is 25.1. The molecule has 0 fully saturated rings. The largest absolute Gasteiger partial charge is 0.508 e. The summed E-state index contributed by atoms with van der Waals surface area (Å²) in [6, 6.07) is 2.29. The van der Waals surface area contributed by atoms with E-state index in [4.69, 9.17) is 4.42 Å². The van der Waals surface area contributed by atoms with Crippen molar-refractivity contribution < 1.29 is 24.5 Å². The Bertz CT molecular complexity index is 1310. The maximum Gasteiger partial charge on any atom is 0.208 e. The van der Waals surface area contributed by atoms with Crippen LogP contribution in [0.3, 0.4) is 0 Å². The highest BCUT2D eigenvalue weighted by Crippen LogP contribution is 2.43. The van der Waals surface area contributed by atoms with Crippen molar-refractivity contribution in [1.82, 2.24) is 0 Å². The number of phenols is 2. The van der Waals surface area contributed by atoms with Gasteiger partial charge in [-0.3, -0.25) is 9.59 Å². The Balaban J connectivity index is 2.25. The second kappa shape index (κ2) is 9.75. The molecule has 1 aromatic heterocycles. The number of Topliss-reactive ketones (excluding diaryl/α,β-unsaturated/α-hetero) is 1. The molecule has 6 nitrogen and oxygen atoms in total. The maximum absolute atomic E-state index is 13.7. The van der Waals surface area contributed by atoms with Crippen molar-refractivity contribution in [1.29, 1.82) is 0 Å². The second-order valence-corrected chi connectivity index (χ2v) is 9.51. The number of carbonyl (C=O) groups is 1. The number of hydrogen-bond donors (Lipinski definition) is 3. The highest BCUT2D eigenvalue weighted by Gasteiger charge is 2.47. The molecule has 1 heterocycles. The van der Waals surface area contributed by atoms with Gasteiger partial charge in [-0.2, -0.15) is 0 Å². The van der Waals surface area contributed by atoms with Gasteiger partial charge >= 0.3 is 0 Å². The van der Waals surface area contributed by atoms with E-state index < -0.39 is 28.1 Å². The van der Waals surface area contributed by atoms with Crippen molar-refractivity contribution in [2.24, 2.45) is 0 Å². The Morgan fingerprint density at radius 3 is 2.24 bits per heavy atom. The first-order valence-corrected chi connectivity index (χ1v) is 11.4. The average Bonchev–Trinajstić information content (AvgIpc) is 2.72. The van der Waals surface area contributed by atoms with E-state index in [9.17, 15) is 24.9 Å². The molecule has 0 saturated heterocycles. The van der Waals surface area contributed by atoms with E-state index >= 15 is 0 Å². The quantitative estimate of drug-likeness (QED) is 0.411. The van der Waals surface area contributed by atoms with Crippen molar-refractivity contribution in [2.75, 3.05) is 0 Å². The fourth-order valence-electron chi connectivity index (χ4n) is 4.30. The smallest absolute Gasteiger partial charge is 0.208 e. The minimum absolute atomic E-state index is 0.0239. The minimum atomic E-state index is -1.39. The summed E-state index contributed by atoms with van der Waals surface area (Å²) in [5.41, 5.74) is 1.40. The van der Waals surface area contributed by atoms with Crippen LogP contribution < -0.4 is 5.43 Å². The number of aliphatic hydroxyl groups is 1. The molecule has 1 aliphatic carbocycles. The van der Waals surface area contributed by atoms with Gasteiger partial charge in [0.2, 0.25) is 11.2 Å². The van der Waals surface area contributed by atoms with Gasteiger partial charge in [0.1, 0.15) is 28.2 Å². The first-order valence-electron chi connectivity index (χ1n) is 11.4. The van der Waals surface area contributed by atoms with Gasteiger partial charge in [-0.15, -0.1) is 0 Å². The molecule has 0 saturated carbocycles. The summed E-state index contributed by atoms with van der Waals surface area (Å²) in [6.07, 6.45) is 9.15. The van der Waals surface area contributed by atoms with E-state index in [1.165, 1.54) is 11.6 Å². The number of fused-ring (bicyclic) bond motifs is 2. The molecule has 3 N–H and O–H groups in total. The van der Waals surface area contributed by atoms with Gasteiger partial charge in [-0.25, -0.2) is 0 Å². The van der Waals surface area contributed by atoms with Gasteiger partial charge in [0, 0.05) is 18.2 Å². The molecular formula is C28H32O6. The van der Waals surface area contributed by atoms with E-state index in [0.717, 1.165) is 36.1 Å². The highest BCUT2D eigenvalue weighted by atomic mass is 16.3. The number of phenolic OH excluding ortho intramolecular Hbond substituents is 2. The van der Waals surface area contributed by atoms with Crippen molar-refractivity contribution in [2.45, 2.75) is 65.7 Å². The van der Waals surface area contributed by atoms with Crippen LogP contribution >= 0.6 is 0 Å². The summed E-state index contributed by atoms with van der Waals surface area (Å²) < 4.78 is 5.85. The minimum Gasteiger partial charge on any atom is -0.508 e. The maximum atomic E-state index is 13.7. The van der Waals surface area contributed by atoms with Crippen LogP contribution in [0.25, 0.3) is 17.0 Å². The fourth-order valence-corrected chi connectivity index (χ4v) is 4.30. The molecule has 34 heavy (non-hydrogen) atoms.